The van der Waals surface area contributed by atoms with Gasteiger partial charge in [0.25, 0.3) is 5.91 Å². The topological polar surface area (TPSA) is 55.6 Å². The van der Waals surface area contributed by atoms with E-state index in [2.05, 4.69) is 27.8 Å². The Kier molecular flexibility index (Phi) is 6.50. The van der Waals surface area contributed by atoms with Gasteiger partial charge in [-0.3, -0.25) is 9.69 Å². The summed E-state index contributed by atoms with van der Waals surface area (Å²) in [6.07, 6.45) is 3.69. The highest BCUT2D eigenvalue weighted by Crippen LogP contribution is 2.32. The van der Waals surface area contributed by atoms with Crippen molar-refractivity contribution < 1.29 is 13.9 Å². The summed E-state index contributed by atoms with van der Waals surface area (Å²) in [5.74, 6) is 1.33. The number of carbonyl (C=O) groups excluding carboxylic acids is 1. The van der Waals surface area contributed by atoms with Gasteiger partial charge in [-0.15, -0.1) is 0 Å². The lowest BCUT2D eigenvalue weighted by Gasteiger charge is -2.19. The predicted octanol–water partition coefficient (Wildman–Crippen LogP) is 6.68. The smallest absolute Gasteiger partial charge is 0.260 e. The Labute approximate surface area is 187 Å². The van der Waals surface area contributed by atoms with Gasteiger partial charge in [-0.05, 0) is 61.0 Å². The van der Waals surface area contributed by atoms with Crippen LogP contribution in [-0.2, 0) is 6.54 Å². The van der Waals surface area contributed by atoms with Crippen LogP contribution in [0.5, 0.6) is 5.75 Å². The zero-order chi connectivity index (χ0) is 20.9. The first-order valence-electron chi connectivity index (χ1n) is 9.77. The molecule has 30 heavy (non-hydrogen) atoms. The van der Waals surface area contributed by atoms with E-state index in [0.29, 0.717) is 29.6 Å². The minimum atomic E-state index is -0.135. The first-order valence-corrected chi connectivity index (χ1v) is 11.4. The number of hydrogen-bond acceptors (Lipinski definition) is 5. The molecular formula is C23H21BrN2O3S. The second kappa shape index (κ2) is 9.45. The minimum absolute atomic E-state index is 0.135. The second-order valence-corrected chi connectivity index (χ2v) is 8.73. The molecule has 0 aliphatic heterocycles. The summed E-state index contributed by atoms with van der Waals surface area (Å²) in [6, 6.07) is 16.8. The van der Waals surface area contributed by atoms with E-state index in [9.17, 15) is 4.79 Å². The average molecular weight is 485 g/mol. The van der Waals surface area contributed by atoms with E-state index in [0.717, 1.165) is 33.3 Å². The summed E-state index contributed by atoms with van der Waals surface area (Å²) in [5, 5.41) is 0.632. The molecule has 7 heteroatoms. The zero-order valence-electron chi connectivity index (χ0n) is 16.5. The number of aromatic nitrogens is 1. The number of furan rings is 1. The number of benzene rings is 2. The van der Waals surface area contributed by atoms with Crippen molar-refractivity contribution in [3.8, 4) is 5.75 Å². The Balaban J connectivity index is 1.62. The number of ether oxygens (including phenoxy) is 1. The van der Waals surface area contributed by atoms with E-state index in [1.165, 1.54) is 11.3 Å². The van der Waals surface area contributed by atoms with Crippen molar-refractivity contribution in [2.45, 2.75) is 26.3 Å². The summed E-state index contributed by atoms with van der Waals surface area (Å²) in [7, 11) is 0. The van der Waals surface area contributed by atoms with Crippen LogP contribution in [0.25, 0.3) is 10.2 Å². The highest BCUT2D eigenvalue weighted by molar-refractivity contribution is 9.10. The lowest BCUT2D eigenvalue weighted by molar-refractivity contribution is 0.0983. The molecule has 4 rings (SSSR count). The molecule has 0 spiro atoms. The van der Waals surface area contributed by atoms with Crippen molar-refractivity contribution in [3.63, 3.8) is 0 Å². The first-order chi connectivity index (χ1) is 14.6. The fraction of sp³-hybridized carbons (Fsp3) is 0.217. The molecule has 2 aromatic carbocycles. The van der Waals surface area contributed by atoms with Crippen LogP contribution in [0, 0.1) is 0 Å². The third kappa shape index (κ3) is 4.74. The Morgan fingerprint density at radius 3 is 2.77 bits per heavy atom. The molecule has 1 amide bonds. The largest absolute Gasteiger partial charge is 0.494 e. The van der Waals surface area contributed by atoms with Crippen LogP contribution in [-0.4, -0.2) is 17.5 Å². The minimum Gasteiger partial charge on any atom is -0.494 e. The van der Waals surface area contributed by atoms with Crippen molar-refractivity contribution in [2.75, 3.05) is 11.5 Å². The van der Waals surface area contributed by atoms with E-state index in [1.807, 2.05) is 42.5 Å². The Morgan fingerprint density at radius 1 is 1.20 bits per heavy atom. The number of amides is 1. The number of carbonyl (C=O) groups is 1. The third-order valence-electron chi connectivity index (χ3n) is 4.58. The number of fused-ring (bicyclic) bond motifs is 1. The zero-order valence-corrected chi connectivity index (χ0v) is 18.9. The highest BCUT2D eigenvalue weighted by Gasteiger charge is 2.23. The lowest BCUT2D eigenvalue weighted by atomic mass is 10.2. The van der Waals surface area contributed by atoms with E-state index < -0.39 is 0 Å². The predicted molar refractivity (Wildman–Crippen MR) is 123 cm³/mol. The van der Waals surface area contributed by atoms with Crippen LogP contribution in [0.15, 0.2) is 69.8 Å². The maximum Gasteiger partial charge on any atom is 0.260 e. The van der Waals surface area contributed by atoms with Gasteiger partial charge in [-0.25, -0.2) is 4.98 Å². The van der Waals surface area contributed by atoms with Gasteiger partial charge in [0.2, 0.25) is 0 Å². The van der Waals surface area contributed by atoms with Crippen molar-refractivity contribution in [3.05, 3.63) is 76.7 Å². The van der Waals surface area contributed by atoms with Gasteiger partial charge in [0, 0.05) is 10.0 Å². The molecule has 2 heterocycles. The van der Waals surface area contributed by atoms with Crippen LogP contribution in [0.1, 0.15) is 35.9 Å². The molecule has 0 N–H and O–H groups in total. The normalized spacial score (nSPS) is 11.0. The van der Waals surface area contributed by atoms with Crippen molar-refractivity contribution >= 4 is 48.5 Å². The number of rotatable bonds is 8. The van der Waals surface area contributed by atoms with Crippen molar-refractivity contribution in [2.24, 2.45) is 0 Å². The van der Waals surface area contributed by atoms with Gasteiger partial charge < -0.3 is 9.15 Å². The van der Waals surface area contributed by atoms with E-state index >= 15 is 0 Å². The fourth-order valence-electron chi connectivity index (χ4n) is 2.97. The lowest BCUT2D eigenvalue weighted by Crippen LogP contribution is -2.30. The third-order valence-corrected chi connectivity index (χ3v) is 6.11. The number of unbranched alkanes of at least 4 members (excludes halogenated alkanes) is 1. The molecule has 0 radical (unpaired) electrons. The summed E-state index contributed by atoms with van der Waals surface area (Å²) in [4.78, 5) is 19.7. The SMILES string of the molecule is CCCCOc1ccc(C(=O)N(Cc2ccco2)c2nc3ccc(Br)cc3s2)cc1. The van der Waals surface area contributed by atoms with E-state index in [-0.39, 0.29) is 5.91 Å². The number of thiazole rings is 1. The summed E-state index contributed by atoms with van der Waals surface area (Å²) in [5.41, 5.74) is 1.43. The standard InChI is InChI=1S/C23H21BrN2O3S/c1-2-3-12-28-18-9-6-16(7-10-18)22(27)26(15-19-5-4-13-29-19)23-25-20-11-8-17(24)14-21(20)30-23/h4-11,13-14H,2-3,12,15H2,1H3. The molecule has 0 fully saturated rings. The number of hydrogen-bond donors (Lipinski definition) is 0. The van der Waals surface area contributed by atoms with Gasteiger partial charge in [0.15, 0.2) is 5.13 Å². The maximum absolute atomic E-state index is 13.4. The van der Waals surface area contributed by atoms with Crippen LogP contribution < -0.4 is 9.64 Å². The number of nitrogens with zero attached hydrogens (tertiary/aromatic N) is 2. The van der Waals surface area contributed by atoms with Gasteiger partial charge in [-0.1, -0.05) is 40.6 Å². The molecule has 0 unspecified atom stereocenters. The van der Waals surface area contributed by atoms with Crippen LogP contribution in [0.2, 0.25) is 0 Å². The molecular weight excluding hydrogens is 464 g/mol. The molecule has 154 valence electrons. The van der Waals surface area contributed by atoms with Crippen molar-refractivity contribution in [1.82, 2.24) is 4.98 Å². The monoisotopic (exact) mass is 484 g/mol. The second-order valence-electron chi connectivity index (χ2n) is 6.81. The summed E-state index contributed by atoms with van der Waals surface area (Å²) in [6.45, 7) is 3.11. The molecule has 2 aromatic heterocycles. The van der Waals surface area contributed by atoms with Gasteiger partial charge in [0.1, 0.15) is 11.5 Å². The van der Waals surface area contributed by atoms with E-state index in [1.54, 1.807) is 23.3 Å². The molecule has 0 bridgehead atoms. The molecule has 5 nitrogen and oxygen atoms in total. The highest BCUT2D eigenvalue weighted by atomic mass is 79.9. The Hall–Kier alpha value is -2.64. The molecule has 0 saturated carbocycles. The van der Waals surface area contributed by atoms with Gasteiger partial charge in [-0.2, -0.15) is 0 Å². The molecule has 0 aliphatic rings. The molecule has 0 saturated heterocycles. The molecule has 4 aromatic rings. The number of anilines is 1. The van der Waals surface area contributed by atoms with Crippen molar-refractivity contribution in [1.29, 1.82) is 0 Å². The number of halogens is 1. The maximum atomic E-state index is 13.4. The summed E-state index contributed by atoms with van der Waals surface area (Å²) >= 11 is 4.97. The van der Waals surface area contributed by atoms with Gasteiger partial charge in [0.05, 0.1) is 29.6 Å². The van der Waals surface area contributed by atoms with Crippen LogP contribution in [0.4, 0.5) is 5.13 Å². The van der Waals surface area contributed by atoms with E-state index in [4.69, 9.17) is 9.15 Å². The Bertz CT molecular complexity index is 1120. The summed E-state index contributed by atoms with van der Waals surface area (Å²) < 4.78 is 13.2. The Morgan fingerprint density at radius 2 is 2.03 bits per heavy atom. The molecule has 0 atom stereocenters. The molecule has 0 aliphatic carbocycles. The average Bonchev–Trinajstić information content (AvgIpc) is 3.41. The quantitative estimate of drug-likeness (QED) is 0.261. The fourth-order valence-corrected chi connectivity index (χ4v) is 4.49. The van der Waals surface area contributed by atoms with Crippen LogP contribution >= 0.6 is 27.3 Å². The van der Waals surface area contributed by atoms with Gasteiger partial charge >= 0.3 is 0 Å². The van der Waals surface area contributed by atoms with Crippen LogP contribution in [0.3, 0.4) is 0 Å². The first kappa shape index (κ1) is 20.6.